The van der Waals surface area contributed by atoms with E-state index in [0.29, 0.717) is 56.1 Å². The van der Waals surface area contributed by atoms with Crippen LogP contribution in [-0.2, 0) is 38.1 Å². The molecule has 1 spiro atoms. The van der Waals surface area contributed by atoms with Crippen molar-refractivity contribution in [3.63, 3.8) is 0 Å². The molecule has 9 atom stereocenters. The van der Waals surface area contributed by atoms with Crippen molar-refractivity contribution in [3.05, 3.63) is 123 Å². The molecule has 10 rings (SSSR count). The van der Waals surface area contributed by atoms with E-state index < -0.39 is 41.3 Å². The van der Waals surface area contributed by atoms with Crippen LogP contribution in [0.4, 0.5) is 0 Å². The van der Waals surface area contributed by atoms with E-state index in [2.05, 4.69) is 43.3 Å². The molecule has 4 bridgehead atoms. The number of hydrogen-bond donors (Lipinski definition) is 6. The molecule has 0 radical (unpaired) electrons. The molecule has 0 unspecified atom stereocenters. The first-order valence-corrected chi connectivity index (χ1v) is 27.8. The summed E-state index contributed by atoms with van der Waals surface area (Å²) in [7, 11) is 0. The number of unbranched alkanes of at least 4 members (excludes halogenated alkanes) is 2. The summed E-state index contributed by atoms with van der Waals surface area (Å²) < 4.78 is 0. The molecule has 3 saturated carbocycles. The van der Waals surface area contributed by atoms with Crippen LogP contribution < -0.4 is 16.2 Å². The van der Waals surface area contributed by atoms with Gasteiger partial charge in [0, 0.05) is 33.8 Å². The summed E-state index contributed by atoms with van der Waals surface area (Å²) >= 11 is 0. The van der Waals surface area contributed by atoms with E-state index in [-0.39, 0.29) is 41.3 Å². The maximum atomic E-state index is 14.3. The Hall–Kier alpha value is -4.83. The molecule has 0 saturated heterocycles. The predicted molar refractivity (Wildman–Crippen MR) is 283 cm³/mol. The number of aliphatic carboxylic acids is 1. The number of benzene rings is 3. The summed E-state index contributed by atoms with van der Waals surface area (Å²) in [5, 5.41) is 61.3. The first-order valence-electron chi connectivity index (χ1n) is 27.8. The van der Waals surface area contributed by atoms with Gasteiger partial charge in [-0.15, -0.1) is 0 Å². The number of fused-ring (bicyclic) bond motifs is 6. The number of carboxylic acid groups (broad SMARTS) is 1. The highest BCUT2D eigenvalue weighted by atomic mass is 16.5. The second-order valence-electron chi connectivity index (χ2n) is 23.9. The molecule has 9 heteroatoms. The molecule has 3 fully saturated rings. The molecule has 0 heterocycles. The number of phenols is 1. The lowest BCUT2D eigenvalue weighted by Crippen LogP contribution is -2.55. The highest BCUT2D eigenvalue weighted by Gasteiger charge is 2.57. The normalized spacial score (nSPS) is 29.9. The van der Waals surface area contributed by atoms with E-state index in [4.69, 9.17) is 5.73 Å². The minimum Gasteiger partial charge on any atom is -0.511 e. The number of phenolic OH excluding ortho intramolecular Hbond substituents is 1. The number of rotatable bonds is 19. The monoisotopic (exact) mass is 980 g/mol. The van der Waals surface area contributed by atoms with Crippen LogP contribution in [0.25, 0.3) is 11.8 Å². The fraction of sp³-hybridized carbons (Fsp3) is 0.571. The molecule has 3 aromatic rings. The lowest BCUT2D eigenvalue weighted by atomic mass is 9.51. The number of aldehydes is 2. The second kappa shape index (κ2) is 21.9. The van der Waals surface area contributed by atoms with Crippen molar-refractivity contribution in [3.8, 4) is 5.75 Å². The zero-order chi connectivity index (χ0) is 50.7. The van der Waals surface area contributed by atoms with Crippen molar-refractivity contribution in [1.82, 2.24) is 0 Å². The first kappa shape index (κ1) is 52.0. The van der Waals surface area contributed by atoms with Crippen LogP contribution in [0.15, 0.2) is 90.0 Å². The topological polar surface area (TPSA) is 178 Å². The quantitative estimate of drug-likeness (QED) is 0.0295. The molecule has 7 aliphatic carbocycles. The van der Waals surface area contributed by atoms with Gasteiger partial charge in [0.2, 0.25) is 0 Å². The maximum absolute atomic E-state index is 14.3. The molecule has 7 aliphatic rings. The number of carboxylic acids is 1. The van der Waals surface area contributed by atoms with Crippen molar-refractivity contribution in [2.24, 2.45) is 52.6 Å². The van der Waals surface area contributed by atoms with Crippen molar-refractivity contribution in [2.45, 2.75) is 171 Å². The predicted octanol–water partition coefficient (Wildman–Crippen LogP) is 10.4. The number of aliphatic hydroxyl groups is 3. The van der Waals surface area contributed by atoms with Gasteiger partial charge >= 0.3 is 5.97 Å². The van der Waals surface area contributed by atoms with Gasteiger partial charge in [-0.1, -0.05) is 129 Å². The van der Waals surface area contributed by atoms with Crippen LogP contribution in [0.5, 0.6) is 5.75 Å². The molecule has 386 valence electrons. The van der Waals surface area contributed by atoms with Gasteiger partial charge in [0.25, 0.3) is 0 Å². The number of nitrogens with two attached hydrogens (primary N) is 1. The standard InChI is InChI=1S/C63H81NO8/c1-60(25-7-8-26-60)27-10-14-48-38-52(20-21-56(48)67)61-28-22-43(34-50(61)15-4-2-3-13-49(41-66)45-19-18-42(33-45)24-31-64)36-55(63(71,72)30-32-65)57(59(69)70)62(51-16-9-11-44(35-51)39-61)29-23-47-37-46-12-5-6-17-53(46)58(68)54(47)40-62/h5-6,9,11-12,16-17,20-21,32-33,35-38,41,45,47,49-50,54-55,57,67-68,71-72H,2-4,7-8,10,13-15,18-19,22-31,34,39-40,64H2,1H3,(H,69,70)/b43-36+/t45-,47+,49+,50-,54-,55+,57-,61+,62+/m0/s1. The van der Waals surface area contributed by atoms with E-state index >= 15 is 0 Å². The summed E-state index contributed by atoms with van der Waals surface area (Å²) in [6, 6.07) is 22.5. The van der Waals surface area contributed by atoms with Crippen LogP contribution in [0.3, 0.4) is 0 Å². The summed E-state index contributed by atoms with van der Waals surface area (Å²) in [6.07, 6.45) is 26.7. The Bertz CT molecular complexity index is 2640. The Labute approximate surface area is 427 Å². The number of carbonyl (C=O) groups is 3. The van der Waals surface area contributed by atoms with Crippen molar-refractivity contribution >= 4 is 30.4 Å². The Morgan fingerprint density at radius 3 is 2.43 bits per heavy atom. The van der Waals surface area contributed by atoms with Crippen LogP contribution in [0.2, 0.25) is 0 Å². The summed E-state index contributed by atoms with van der Waals surface area (Å²) in [5.41, 5.74) is 11.1. The van der Waals surface area contributed by atoms with Gasteiger partial charge in [0.05, 0.1) is 12.3 Å². The summed E-state index contributed by atoms with van der Waals surface area (Å²) in [6.45, 7) is 3.04. The lowest BCUT2D eigenvalue weighted by Gasteiger charge is -2.52. The minimum absolute atomic E-state index is 0.0111. The maximum Gasteiger partial charge on any atom is 0.308 e. The molecule has 7 N–H and O–H groups in total. The highest BCUT2D eigenvalue weighted by Crippen LogP contribution is 2.58. The largest absolute Gasteiger partial charge is 0.511 e. The smallest absolute Gasteiger partial charge is 0.308 e. The van der Waals surface area contributed by atoms with Gasteiger partial charge in [-0.2, -0.15) is 0 Å². The molecular weight excluding hydrogens is 899 g/mol. The van der Waals surface area contributed by atoms with Crippen molar-refractivity contribution in [1.29, 1.82) is 0 Å². The van der Waals surface area contributed by atoms with Gasteiger partial charge < -0.3 is 40.9 Å². The van der Waals surface area contributed by atoms with Gasteiger partial charge in [-0.25, -0.2) is 0 Å². The molecular formula is C63H81NO8. The Morgan fingerprint density at radius 2 is 1.65 bits per heavy atom. The number of aromatic hydroxyl groups is 1. The van der Waals surface area contributed by atoms with Crippen molar-refractivity contribution < 1.29 is 39.9 Å². The molecule has 0 aromatic heterocycles. The zero-order valence-electron chi connectivity index (χ0n) is 42.8. The number of aryl methyl sites for hydroxylation is 1. The molecule has 0 aliphatic heterocycles. The van der Waals surface area contributed by atoms with Crippen molar-refractivity contribution in [2.75, 3.05) is 6.54 Å². The van der Waals surface area contributed by atoms with Gasteiger partial charge in [-0.05, 0) is 172 Å². The van der Waals surface area contributed by atoms with E-state index in [0.717, 1.165) is 116 Å². The Kier molecular flexibility index (Phi) is 15.9. The van der Waals surface area contributed by atoms with Crippen LogP contribution >= 0.6 is 0 Å². The van der Waals surface area contributed by atoms with E-state index in [1.165, 1.54) is 36.8 Å². The number of aliphatic hydroxyl groups excluding tert-OH is 1. The fourth-order valence-corrected chi connectivity index (χ4v) is 15.5. The number of allylic oxidation sites excluding steroid dienone is 2. The van der Waals surface area contributed by atoms with Gasteiger partial charge in [0.1, 0.15) is 24.1 Å². The molecule has 9 nitrogen and oxygen atoms in total. The zero-order valence-corrected chi connectivity index (χ0v) is 42.8. The first-order chi connectivity index (χ1) is 34.7. The minimum atomic E-state index is -2.67. The fourth-order valence-electron chi connectivity index (χ4n) is 15.5. The van der Waals surface area contributed by atoms with E-state index in [1.54, 1.807) is 0 Å². The lowest BCUT2D eigenvalue weighted by molar-refractivity contribution is -0.212. The van der Waals surface area contributed by atoms with E-state index in [1.807, 2.05) is 48.5 Å². The third-order valence-corrected chi connectivity index (χ3v) is 19.5. The van der Waals surface area contributed by atoms with Gasteiger partial charge in [0.15, 0.2) is 5.79 Å². The third kappa shape index (κ3) is 10.6. The highest BCUT2D eigenvalue weighted by molar-refractivity contribution is 5.74. The van der Waals surface area contributed by atoms with Crippen LogP contribution in [0, 0.1) is 46.8 Å². The average Bonchev–Trinajstić information content (AvgIpc) is 4.02. The number of hydrogen-bond acceptors (Lipinski definition) is 8. The van der Waals surface area contributed by atoms with E-state index in [9.17, 15) is 39.9 Å². The van der Waals surface area contributed by atoms with Crippen LogP contribution in [-0.4, -0.2) is 56.4 Å². The number of carbonyl (C=O) groups excluding carboxylic acids is 2. The molecule has 72 heavy (non-hydrogen) atoms. The SMILES string of the molecule is CC1(CCCc2cc([C@]34CC/C(=C\[C@@H](C(O)(O)CC=O)[C@@H](C(=O)O)[C@@]5(CC[C@@H]6C=c7ccccc7=C(O)[C@H]6C5)c5cccc(c5)C3)C[C@@H]4CCCCC[C@H](C=O)[C@@H]3C=C(CCN)CC3)ccc2O)CCCC1. The average molecular weight is 980 g/mol. The van der Waals surface area contributed by atoms with Crippen LogP contribution in [0.1, 0.15) is 164 Å². The Balaban J connectivity index is 1.12. The summed E-state index contributed by atoms with van der Waals surface area (Å²) in [4.78, 5) is 39.1. The molecule has 3 aromatic carbocycles. The molecule has 0 amide bonds. The second-order valence-corrected chi connectivity index (χ2v) is 23.9. The summed E-state index contributed by atoms with van der Waals surface area (Å²) in [5.74, 6) is -6.06. The van der Waals surface area contributed by atoms with Gasteiger partial charge in [-0.3, -0.25) is 4.79 Å². The Morgan fingerprint density at radius 1 is 0.847 bits per heavy atom. The third-order valence-electron chi connectivity index (χ3n) is 19.5.